The van der Waals surface area contributed by atoms with Gasteiger partial charge < -0.3 is 15.2 Å². The number of anilines is 2. The quantitative estimate of drug-likeness (QED) is 0.763. The van der Waals surface area contributed by atoms with Crippen LogP contribution in [0.15, 0.2) is 54.6 Å². The van der Waals surface area contributed by atoms with Gasteiger partial charge in [0.25, 0.3) is 0 Å². The van der Waals surface area contributed by atoms with E-state index in [-0.39, 0.29) is 6.03 Å². The van der Waals surface area contributed by atoms with Crippen molar-refractivity contribution in [3.63, 3.8) is 0 Å². The molecule has 6 heteroatoms. The van der Waals surface area contributed by atoms with E-state index in [0.29, 0.717) is 0 Å². The van der Waals surface area contributed by atoms with Gasteiger partial charge in [-0.2, -0.15) is 0 Å². The average molecular weight is 333 g/mol. The van der Waals surface area contributed by atoms with Gasteiger partial charge in [-0.3, -0.25) is 0 Å². The predicted molar refractivity (Wildman–Crippen MR) is 97.5 cm³/mol. The topological polar surface area (TPSA) is 71.8 Å². The number of hydrogen-bond acceptors (Lipinski definition) is 3. The van der Waals surface area contributed by atoms with E-state index in [0.717, 1.165) is 48.0 Å². The molecule has 0 unspecified atom stereocenters. The Hall–Kier alpha value is -3.15. The first-order valence-corrected chi connectivity index (χ1v) is 8.45. The van der Waals surface area contributed by atoms with Crippen molar-refractivity contribution in [1.29, 1.82) is 0 Å². The van der Waals surface area contributed by atoms with Gasteiger partial charge in [-0.25, -0.2) is 4.79 Å². The van der Waals surface area contributed by atoms with E-state index >= 15 is 0 Å². The second kappa shape index (κ2) is 6.76. The van der Waals surface area contributed by atoms with E-state index in [1.807, 2.05) is 54.6 Å². The molecule has 6 nitrogen and oxygen atoms in total. The molecule has 0 spiro atoms. The predicted octanol–water partition coefficient (Wildman–Crippen LogP) is 3.93. The Labute approximate surface area is 145 Å². The summed E-state index contributed by atoms with van der Waals surface area (Å²) in [4.78, 5) is 12.2. The number of urea groups is 1. The zero-order valence-corrected chi connectivity index (χ0v) is 13.8. The summed E-state index contributed by atoms with van der Waals surface area (Å²) in [6, 6.07) is 16.8. The fourth-order valence-electron chi connectivity index (χ4n) is 3.07. The fraction of sp³-hybridized carbons (Fsp3) is 0.211. The van der Waals surface area contributed by atoms with Crippen LogP contribution in [0.3, 0.4) is 0 Å². The highest BCUT2D eigenvalue weighted by Gasteiger charge is 2.17. The molecule has 2 N–H and O–H groups in total. The van der Waals surface area contributed by atoms with Crippen LogP contribution in [0.4, 0.5) is 16.2 Å². The van der Waals surface area contributed by atoms with Gasteiger partial charge in [-0.05, 0) is 37.1 Å². The third kappa shape index (κ3) is 3.38. The van der Waals surface area contributed by atoms with Crippen LogP contribution in [0.25, 0.3) is 11.4 Å². The first-order valence-electron chi connectivity index (χ1n) is 8.45. The number of nitrogens with one attached hydrogen (secondary N) is 2. The molecule has 126 valence electrons. The number of benzene rings is 2. The fourth-order valence-corrected chi connectivity index (χ4v) is 3.07. The molecular formula is C19H19N5O. The minimum Gasteiger partial charge on any atom is -0.311 e. The summed E-state index contributed by atoms with van der Waals surface area (Å²) in [6.07, 6.45) is 3.29. The Kier molecular flexibility index (Phi) is 4.16. The second-order valence-corrected chi connectivity index (χ2v) is 6.07. The van der Waals surface area contributed by atoms with Crippen molar-refractivity contribution in [1.82, 2.24) is 14.8 Å². The highest BCUT2D eigenvalue weighted by atomic mass is 16.2. The molecular weight excluding hydrogens is 314 g/mol. The van der Waals surface area contributed by atoms with Crippen LogP contribution in [0.1, 0.15) is 18.7 Å². The summed E-state index contributed by atoms with van der Waals surface area (Å²) in [5.41, 5.74) is 2.43. The van der Waals surface area contributed by atoms with Gasteiger partial charge in [0, 0.05) is 29.9 Å². The van der Waals surface area contributed by atoms with E-state index in [2.05, 4.69) is 25.4 Å². The molecule has 0 radical (unpaired) electrons. The monoisotopic (exact) mass is 333 g/mol. The van der Waals surface area contributed by atoms with Crippen molar-refractivity contribution < 1.29 is 4.79 Å². The normalized spacial score (nSPS) is 13.1. The Morgan fingerprint density at radius 2 is 1.72 bits per heavy atom. The largest absolute Gasteiger partial charge is 0.323 e. The maximum Gasteiger partial charge on any atom is 0.323 e. The van der Waals surface area contributed by atoms with E-state index < -0.39 is 0 Å². The third-order valence-electron chi connectivity index (χ3n) is 4.27. The molecule has 0 aliphatic carbocycles. The second-order valence-electron chi connectivity index (χ2n) is 6.07. The summed E-state index contributed by atoms with van der Waals surface area (Å²) >= 11 is 0. The Morgan fingerprint density at radius 1 is 0.920 bits per heavy atom. The summed E-state index contributed by atoms with van der Waals surface area (Å²) in [7, 11) is 0. The molecule has 0 bridgehead atoms. The maximum absolute atomic E-state index is 12.2. The molecule has 0 saturated carbocycles. The van der Waals surface area contributed by atoms with Crippen molar-refractivity contribution in [3.8, 4) is 11.4 Å². The first kappa shape index (κ1) is 15.4. The van der Waals surface area contributed by atoms with Crippen molar-refractivity contribution in [2.45, 2.75) is 25.8 Å². The molecule has 2 amide bonds. The van der Waals surface area contributed by atoms with E-state index in [1.54, 1.807) is 0 Å². The molecule has 0 fully saturated rings. The standard InChI is InChI=1S/C19H19N5O/c25-19(20-15-8-2-1-3-9-15)21-16-10-6-7-14(13-16)18-23-22-17-11-4-5-12-24(17)18/h1-3,6-10,13H,4-5,11-12H2,(H2,20,21,25). The van der Waals surface area contributed by atoms with Crippen LogP contribution in [-0.2, 0) is 13.0 Å². The van der Waals surface area contributed by atoms with Crippen molar-refractivity contribution >= 4 is 17.4 Å². The molecule has 25 heavy (non-hydrogen) atoms. The van der Waals surface area contributed by atoms with Gasteiger partial charge in [0.1, 0.15) is 5.82 Å². The molecule has 4 rings (SSSR count). The third-order valence-corrected chi connectivity index (χ3v) is 4.27. The number of carbonyl (C=O) groups is 1. The highest BCUT2D eigenvalue weighted by Crippen LogP contribution is 2.25. The maximum atomic E-state index is 12.2. The van der Waals surface area contributed by atoms with Crippen LogP contribution >= 0.6 is 0 Å². The number of aromatic nitrogens is 3. The molecule has 3 aromatic rings. The van der Waals surface area contributed by atoms with Gasteiger partial charge in [0.2, 0.25) is 0 Å². The minimum atomic E-state index is -0.272. The van der Waals surface area contributed by atoms with E-state index in [9.17, 15) is 4.79 Å². The molecule has 1 aliphatic rings. The zero-order valence-electron chi connectivity index (χ0n) is 13.8. The summed E-state index contributed by atoms with van der Waals surface area (Å²) in [5.74, 6) is 1.91. The van der Waals surface area contributed by atoms with Gasteiger partial charge in [-0.15, -0.1) is 10.2 Å². The van der Waals surface area contributed by atoms with Gasteiger partial charge in [-0.1, -0.05) is 30.3 Å². The average Bonchev–Trinajstić information content (AvgIpc) is 3.07. The Balaban J connectivity index is 1.52. The summed E-state index contributed by atoms with van der Waals surface area (Å²) < 4.78 is 2.17. The molecule has 2 aromatic carbocycles. The molecule has 0 saturated heterocycles. The van der Waals surface area contributed by atoms with E-state index in [1.165, 1.54) is 6.42 Å². The van der Waals surface area contributed by atoms with Crippen molar-refractivity contribution in [2.24, 2.45) is 0 Å². The lowest BCUT2D eigenvalue weighted by molar-refractivity contribution is 0.262. The lowest BCUT2D eigenvalue weighted by Gasteiger charge is -2.15. The number of amides is 2. The minimum absolute atomic E-state index is 0.272. The van der Waals surface area contributed by atoms with Crippen LogP contribution in [0.5, 0.6) is 0 Å². The number of aryl methyl sites for hydroxylation is 1. The Bertz CT molecular complexity index is 888. The number of hydrogen-bond donors (Lipinski definition) is 2. The Morgan fingerprint density at radius 3 is 2.60 bits per heavy atom. The molecule has 0 atom stereocenters. The highest BCUT2D eigenvalue weighted by molar-refractivity contribution is 6.00. The van der Waals surface area contributed by atoms with Crippen LogP contribution in [0.2, 0.25) is 0 Å². The summed E-state index contributed by atoms with van der Waals surface area (Å²) in [5, 5.41) is 14.3. The van der Waals surface area contributed by atoms with Crippen LogP contribution in [0, 0.1) is 0 Å². The molecule has 2 heterocycles. The number of carbonyl (C=O) groups excluding carboxylic acids is 1. The van der Waals surface area contributed by atoms with Crippen LogP contribution < -0.4 is 10.6 Å². The van der Waals surface area contributed by atoms with Crippen LogP contribution in [-0.4, -0.2) is 20.8 Å². The lowest BCUT2D eigenvalue weighted by Crippen LogP contribution is -2.19. The van der Waals surface area contributed by atoms with Gasteiger partial charge in [0.15, 0.2) is 5.82 Å². The van der Waals surface area contributed by atoms with Crippen molar-refractivity contribution in [2.75, 3.05) is 10.6 Å². The number of para-hydroxylation sites is 1. The van der Waals surface area contributed by atoms with Gasteiger partial charge >= 0.3 is 6.03 Å². The number of nitrogens with zero attached hydrogens (tertiary/aromatic N) is 3. The van der Waals surface area contributed by atoms with E-state index in [4.69, 9.17) is 0 Å². The SMILES string of the molecule is O=C(Nc1ccccc1)Nc1cccc(-c2nnc3n2CCCC3)c1. The summed E-state index contributed by atoms with van der Waals surface area (Å²) in [6.45, 7) is 0.948. The van der Waals surface area contributed by atoms with Gasteiger partial charge in [0.05, 0.1) is 0 Å². The first-order chi connectivity index (χ1) is 12.3. The van der Waals surface area contributed by atoms with Crippen molar-refractivity contribution in [3.05, 3.63) is 60.4 Å². The molecule has 1 aromatic heterocycles. The number of rotatable bonds is 3. The zero-order chi connectivity index (χ0) is 17.1. The molecule has 1 aliphatic heterocycles. The lowest BCUT2D eigenvalue weighted by atomic mass is 10.1. The number of fused-ring (bicyclic) bond motifs is 1. The smallest absolute Gasteiger partial charge is 0.311 e.